The van der Waals surface area contributed by atoms with E-state index in [1.54, 1.807) is 24.3 Å². The highest BCUT2D eigenvalue weighted by Crippen LogP contribution is 2.22. The Kier molecular flexibility index (Phi) is 5.48. The molecule has 26 heavy (non-hydrogen) atoms. The van der Waals surface area contributed by atoms with E-state index in [1.165, 1.54) is 18.7 Å². The third-order valence-electron chi connectivity index (χ3n) is 3.47. The minimum Gasteiger partial charge on any atom is -0.497 e. The topological polar surface area (TPSA) is 106 Å². The van der Waals surface area contributed by atoms with Crippen molar-refractivity contribution in [3.63, 3.8) is 0 Å². The number of carboxylic acid groups (broad SMARTS) is 1. The van der Waals surface area contributed by atoms with Crippen LogP contribution in [-0.4, -0.2) is 51.3 Å². The molecular formula is C15H15F3N4O4. The van der Waals surface area contributed by atoms with Gasteiger partial charge in [0.15, 0.2) is 5.69 Å². The SMILES string of the molecule is COc1ccc(-n2nnc(C(=O)NC(CC(F)(F)F)C(=O)O)c2C)cc1. The number of ether oxygens (including phenoxy) is 1. The van der Waals surface area contributed by atoms with Gasteiger partial charge in [0.2, 0.25) is 0 Å². The summed E-state index contributed by atoms with van der Waals surface area (Å²) in [6.07, 6.45) is -6.44. The van der Waals surface area contributed by atoms with Crippen molar-refractivity contribution in [3.05, 3.63) is 35.7 Å². The Labute approximate surface area is 145 Å². The number of nitrogens with one attached hydrogen (secondary N) is 1. The number of hydrogen-bond acceptors (Lipinski definition) is 5. The van der Waals surface area contributed by atoms with Gasteiger partial charge in [0.1, 0.15) is 11.8 Å². The van der Waals surface area contributed by atoms with Crippen LogP contribution in [0.1, 0.15) is 22.6 Å². The average Bonchev–Trinajstić information content (AvgIpc) is 2.94. The standard InChI is InChI=1S/C15H15F3N4O4/c1-8-12(13(23)19-11(14(24)25)7-15(16,17)18)20-21-22(8)9-3-5-10(26-2)6-4-9/h3-6,11H,7H2,1-2H3,(H,19,23)(H,24,25). The number of methoxy groups -OCH3 is 1. The van der Waals surface area contributed by atoms with Gasteiger partial charge in [0.05, 0.1) is 24.9 Å². The molecule has 2 N–H and O–H groups in total. The number of aliphatic carboxylic acids is 1. The maximum absolute atomic E-state index is 12.4. The van der Waals surface area contributed by atoms with Crippen molar-refractivity contribution < 1.29 is 32.6 Å². The fraction of sp³-hybridized carbons (Fsp3) is 0.333. The van der Waals surface area contributed by atoms with E-state index in [-0.39, 0.29) is 11.4 Å². The first-order valence-corrected chi connectivity index (χ1v) is 7.29. The number of carboxylic acids is 1. The van der Waals surface area contributed by atoms with Crippen LogP contribution in [0.5, 0.6) is 5.75 Å². The smallest absolute Gasteiger partial charge is 0.391 e. The Morgan fingerprint density at radius 3 is 2.42 bits per heavy atom. The summed E-state index contributed by atoms with van der Waals surface area (Å²) in [5.74, 6) is -2.25. The number of alkyl halides is 3. The van der Waals surface area contributed by atoms with Gasteiger partial charge in [-0.3, -0.25) is 4.79 Å². The van der Waals surface area contributed by atoms with Crippen molar-refractivity contribution in [2.75, 3.05) is 7.11 Å². The second-order valence-corrected chi connectivity index (χ2v) is 5.32. The van der Waals surface area contributed by atoms with E-state index in [4.69, 9.17) is 9.84 Å². The number of aromatic nitrogens is 3. The number of halogens is 3. The van der Waals surface area contributed by atoms with Gasteiger partial charge in [-0.1, -0.05) is 5.21 Å². The molecule has 1 heterocycles. The first-order chi connectivity index (χ1) is 12.1. The van der Waals surface area contributed by atoms with Crippen LogP contribution < -0.4 is 10.1 Å². The molecule has 0 spiro atoms. The van der Waals surface area contributed by atoms with Gasteiger partial charge in [-0.05, 0) is 31.2 Å². The van der Waals surface area contributed by atoms with Crippen molar-refractivity contribution in [1.29, 1.82) is 0 Å². The molecule has 0 radical (unpaired) electrons. The summed E-state index contributed by atoms with van der Waals surface area (Å²) in [5, 5.41) is 18.1. The number of carbonyl (C=O) groups excluding carboxylic acids is 1. The molecule has 2 aromatic rings. The van der Waals surface area contributed by atoms with Crippen molar-refractivity contribution in [3.8, 4) is 11.4 Å². The first kappa shape index (κ1) is 19.2. The van der Waals surface area contributed by atoms with Gasteiger partial charge in [0, 0.05) is 0 Å². The summed E-state index contributed by atoms with van der Waals surface area (Å²) in [5.41, 5.74) is 0.512. The Balaban J connectivity index is 2.22. The zero-order valence-corrected chi connectivity index (χ0v) is 13.7. The minimum absolute atomic E-state index is 0.240. The van der Waals surface area contributed by atoms with Crippen LogP contribution in [0.15, 0.2) is 24.3 Å². The van der Waals surface area contributed by atoms with Gasteiger partial charge >= 0.3 is 12.1 Å². The number of benzene rings is 1. The average molecular weight is 372 g/mol. The Morgan fingerprint density at radius 2 is 1.92 bits per heavy atom. The van der Waals surface area contributed by atoms with E-state index >= 15 is 0 Å². The second-order valence-electron chi connectivity index (χ2n) is 5.32. The third kappa shape index (κ3) is 4.49. The highest BCUT2D eigenvalue weighted by atomic mass is 19.4. The van der Waals surface area contributed by atoms with E-state index in [9.17, 15) is 22.8 Å². The van der Waals surface area contributed by atoms with Crippen LogP contribution in [0.25, 0.3) is 5.69 Å². The number of amides is 1. The normalized spacial score (nSPS) is 12.5. The van der Waals surface area contributed by atoms with Crippen molar-refractivity contribution >= 4 is 11.9 Å². The van der Waals surface area contributed by atoms with Crippen LogP contribution >= 0.6 is 0 Å². The summed E-state index contributed by atoms with van der Waals surface area (Å²) in [6, 6.07) is 4.48. The molecule has 1 unspecified atom stereocenters. The van der Waals surface area contributed by atoms with Crippen molar-refractivity contribution in [1.82, 2.24) is 20.3 Å². The number of rotatable bonds is 6. The summed E-state index contributed by atoms with van der Waals surface area (Å²) >= 11 is 0. The summed E-state index contributed by atoms with van der Waals surface area (Å²) in [7, 11) is 1.50. The molecule has 0 saturated carbocycles. The zero-order valence-electron chi connectivity index (χ0n) is 13.7. The maximum atomic E-state index is 12.4. The van der Waals surface area contributed by atoms with Crippen molar-refractivity contribution in [2.45, 2.75) is 25.6 Å². The van der Waals surface area contributed by atoms with Crippen LogP contribution in [-0.2, 0) is 4.79 Å². The molecule has 0 aliphatic carbocycles. The first-order valence-electron chi connectivity index (χ1n) is 7.29. The van der Waals surface area contributed by atoms with E-state index in [1.807, 2.05) is 5.32 Å². The lowest BCUT2D eigenvalue weighted by Gasteiger charge is -2.15. The molecular weight excluding hydrogens is 357 g/mol. The lowest BCUT2D eigenvalue weighted by atomic mass is 10.2. The Morgan fingerprint density at radius 1 is 1.31 bits per heavy atom. The van der Waals surface area contributed by atoms with Crippen LogP contribution in [0, 0.1) is 6.92 Å². The number of nitrogens with zero attached hydrogens (tertiary/aromatic N) is 3. The maximum Gasteiger partial charge on any atom is 0.391 e. The van der Waals surface area contributed by atoms with E-state index in [2.05, 4.69) is 10.3 Å². The largest absolute Gasteiger partial charge is 0.497 e. The van der Waals surface area contributed by atoms with Crippen LogP contribution in [0.4, 0.5) is 13.2 Å². The molecule has 1 amide bonds. The highest BCUT2D eigenvalue weighted by Gasteiger charge is 2.37. The summed E-state index contributed by atoms with van der Waals surface area (Å²) in [4.78, 5) is 23.1. The molecule has 2 rings (SSSR count). The lowest BCUT2D eigenvalue weighted by molar-refractivity contribution is -0.157. The van der Waals surface area contributed by atoms with Gasteiger partial charge in [-0.2, -0.15) is 13.2 Å². The van der Waals surface area contributed by atoms with Gasteiger partial charge in [-0.25, -0.2) is 9.48 Å². The molecule has 0 fully saturated rings. The summed E-state index contributed by atoms with van der Waals surface area (Å²) in [6.45, 7) is 1.48. The second kappa shape index (κ2) is 7.42. The monoisotopic (exact) mass is 372 g/mol. The van der Waals surface area contributed by atoms with Crippen LogP contribution in [0.3, 0.4) is 0 Å². The fourth-order valence-corrected chi connectivity index (χ4v) is 2.17. The molecule has 11 heteroatoms. The van der Waals surface area contributed by atoms with Gasteiger partial charge in [0.25, 0.3) is 5.91 Å². The molecule has 1 aromatic carbocycles. The number of carbonyl (C=O) groups is 2. The Bertz CT molecular complexity index is 802. The molecule has 0 saturated heterocycles. The third-order valence-corrected chi connectivity index (χ3v) is 3.47. The van der Waals surface area contributed by atoms with E-state index < -0.39 is 30.5 Å². The van der Waals surface area contributed by atoms with Crippen molar-refractivity contribution in [2.24, 2.45) is 0 Å². The molecule has 1 atom stereocenters. The quantitative estimate of drug-likeness (QED) is 0.800. The molecule has 8 nitrogen and oxygen atoms in total. The highest BCUT2D eigenvalue weighted by molar-refractivity contribution is 5.95. The zero-order chi connectivity index (χ0) is 19.5. The van der Waals surface area contributed by atoms with E-state index in [0.29, 0.717) is 11.4 Å². The fourth-order valence-electron chi connectivity index (χ4n) is 2.17. The van der Waals surface area contributed by atoms with Crippen LogP contribution in [0.2, 0.25) is 0 Å². The molecule has 0 bridgehead atoms. The molecule has 0 aliphatic heterocycles. The van der Waals surface area contributed by atoms with Gasteiger partial charge in [-0.15, -0.1) is 5.10 Å². The predicted molar refractivity (Wildman–Crippen MR) is 82.2 cm³/mol. The lowest BCUT2D eigenvalue weighted by Crippen LogP contribution is -2.43. The van der Waals surface area contributed by atoms with Gasteiger partial charge < -0.3 is 15.2 Å². The molecule has 1 aromatic heterocycles. The van der Waals surface area contributed by atoms with E-state index in [0.717, 1.165) is 0 Å². The molecule has 140 valence electrons. The Hall–Kier alpha value is -3.11. The minimum atomic E-state index is -4.74. The predicted octanol–water partition coefficient (Wildman–Crippen LogP) is 1.72. The summed E-state index contributed by atoms with van der Waals surface area (Å²) < 4.78 is 43.6. The number of hydrogen-bond donors (Lipinski definition) is 2. The molecule has 0 aliphatic rings.